The van der Waals surface area contributed by atoms with Crippen LogP contribution >= 0.6 is 23.2 Å². The highest BCUT2D eigenvalue weighted by atomic mass is 35.5. The molecule has 2 rings (SSSR count). The zero-order valence-corrected chi connectivity index (χ0v) is 15.6. The fourth-order valence-electron chi connectivity index (χ4n) is 2.01. The first-order valence-electron chi connectivity index (χ1n) is 7.52. The highest BCUT2D eigenvalue weighted by Crippen LogP contribution is 2.28. The van der Waals surface area contributed by atoms with Crippen molar-refractivity contribution in [1.82, 2.24) is 4.90 Å². The number of nitrogens with zero attached hydrogens (tertiary/aromatic N) is 1. The molecule has 0 radical (unpaired) electrons. The third-order valence-electron chi connectivity index (χ3n) is 3.37. The molecule has 132 valence electrons. The van der Waals surface area contributed by atoms with Gasteiger partial charge in [-0.3, -0.25) is 9.59 Å². The molecule has 0 aliphatic carbocycles. The number of amides is 2. The second-order valence-electron chi connectivity index (χ2n) is 5.60. The molecule has 7 heteroatoms. The number of carbonyl (C=O) groups is 2. The Bertz CT molecular complexity index is 776. The van der Waals surface area contributed by atoms with Crippen molar-refractivity contribution < 1.29 is 14.3 Å². The zero-order valence-electron chi connectivity index (χ0n) is 14.0. The lowest BCUT2D eigenvalue weighted by Crippen LogP contribution is -2.30. The lowest BCUT2D eigenvalue weighted by atomic mass is 10.2. The van der Waals surface area contributed by atoms with Crippen LogP contribution in [0.25, 0.3) is 0 Å². The standard InChI is InChI=1S/C18H18Cl2N2O3/c1-11(25-16-9-6-13(19)10-15(16)20)17(23)21-14-7-4-12(5-8-14)18(24)22(2)3/h4-11H,1-3H3,(H,21,23)/t11-/m1/s1. The summed E-state index contributed by atoms with van der Waals surface area (Å²) in [5, 5.41) is 3.55. The van der Waals surface area contributed by atoms with E-state index in [0.29, 0.717) is 27.0 Å². The van der Waals surface area contributed by atoms with Crippen LogP contribution in [-0.4, -0.2) is 36.9 Å². The van der Waals surface area contributed by atoms with Gasteiger partial charge in [0, 0.05) is 30.4 Å². The van der Waals surface area contributed by atoms with E-state index in [1.54, 1.807) is 63.5 Å². The summed E-state index contributed by atoms with van der Waals surface area (Å²) < 4.78 is 5.56. The van der Waals surface area contributed by atoms with Gasteiger partial charge in [0.2, 0.25) is 0 Å². The first-order chi connectivity index (χ1) is 11.8. The number of rotatable bonds is 5. The second kappa shape index (κ2) is 8.23. The van der Waals surface area contributed by atoms with E-state index in [9.17, 15) is 9.59 Å². The van der Waals surface area contributed by atoms with Crippen LogP contribution in [-0.2, 0) is 4.79 Å². The van der Waals surface area contributed by atoms with E-state index in [0.717, 1.165) is 0 Å². The van der Waals surface area contributed by atoms with E-state index in [1.807, 2.05) is 0 Å². The van der Waals surface area contributed by atoms with Crippen LogP contribution < -0.4 is 10.1 Å². The molecule has 0 bridgehead atoms. The third-order valence-corrected chi connectivity index (χ3v) is 3.90. The predicted octanol–water partition coefficient (Wildman–Crippen LogP) is 4.10. The molecule has 0 spiro atoms. The third kappa shape index (κ3) is 5.11. The Morgan fingerprint density at radius 1 is 1.08 bits per heavy atom. The number of halogens is 2. The van der Waals surface area contributed by atoms with E-state index in [4.69, 9.17) is 27.9 Å². The van der Waals surface area contributed by atoms with Crippen molar-refractivity contribution >= 4 is 40.7 Å². The van der Waals surface area contributed by atoms with E-state index < -0.39 is 6.10 Å². The molecule has 0 heterocycles. The Hall–Kier alpha value is -2.24. The normalized spacial score (nSPS) is 11.6. The van der Waals surface area contributed by atoms with Crippen molar-refractivity contribution in [3.8, 4) is 5.75 Å². The molecule has 1 atom stereocenters. The summed E-state index contributed by atoms with van der Waals surface area (Å²) in [6.07, 6.45) is -0.762. The largest absolute Gasteiger partial charge is 0.479 e. The van der Waals surface area contributed by atoms with Crippen LogP contribution in [0.15, 0.2) is 42.5 Å². The summed E-state index contributed by atoms with van der Waals surface area (Å²) >= 11 is 11.9. The van der Waals surface area contributed by atoms with Crippen molar-refractivity contribution in [2.24, 2.45) is 0 Å². The molecule has 0 fully saturated rings. The first kappa shape index (κ1) is 19.1. The minimum atomic E-state index is -0.762. The number of carbonyl (C=O) groups excluding carboxylic acids is 2. The Morgan fingerprint density at radius 3 is 2.28 bits per heavy atom. The highest BCUT2D eigenvalue weighted by molar-refractivity contribution is 6.35. The molecule has 0 saturated heterocycles. The van der Waals surface area contributed by atoms with Crippen LogP contribution in [0.2, 0.25) is 10.0 Å². The first-order valence-corrected chi connectivity index (χ1v) is 8.28. The highest BCUT2D eigenvalue weighted by Gasteiger charge is 2.17. The van der Waals surface area contributed by atoms with Crippen molar-refractivity contribution in [2.45, 2.75) is 13.0 Å². The molecule has 0 saturated carbocycles. The lowest BCUT2D eigenvalue weighted by Gasteiger charge is -2.16. The van der Waals surface area contributed by atoms with E-state index in [1.165, 1.54) is 4.90 Å². The molecule has 2 aromatic carbocycles. The molecule has 1 N–H and O–H groups in total. The summed E-state index contributed by atoms with van der Waals surface area (Å²) in [6, 6.07) is 11.4. The number of ether oxygens (including phenoxy) is 1. The summed E-state index contributed by atoms with van der Waals surface area (Å²) in [7, 11) is 3.36. The maximum atomic E-state index is 12.2. The summed E-state index contributed by atoms with van der Waals surface area (Å²) in [6.45, 7) is 1.62. The molecule has 0 aliphatic heterocycles. The molecule has 5 nitrogen and oxygen atoms in total. The number of hydrogen-bond donors (Lipinski definition) is 1. The topological polar surface area (TPSA) is 58.6 Å². The smallest absolute Gasteiger partial charge is 0.265 e. The van der Waals surface area contributed by atoms with Crippen LogP contribution in [0.4, 0.5) is 5.69 Å². The maximum Gasteiger partial charge on any atom is 0.265 e. The van der Waals surface area contributed by atoms with E-state index in [2.05, 4.69) is 5.32 Å². The molecule has 0 aliphatic rings. The average molecular weight is 381 g/mol. The predicted molar refractivity (Wildman–Crippen MR) is 99.6 cm³/mol. The Kier molecular flexibility index (Phi) is 6.28. The van der Waals surface area contributed by atoms with Crippen molar-refractivity contribution in [3.05, 3.63) is 58.1 Å². The SMILES string of the molecule is C[C@@H](Oc1ccc(Cl)cc1Cl)C(=O)Nc1ccc(C(=O)N(C)C)cc1. The molecule has 2 aromatic rings. The van der Waals surface area contributed by atoms with Crippen molar-refractivity contribution in [3.63, 3.8) is 0 Å². The van der Waals surface area contributed by atoms with Crippen LogP contribution in [0.3, 0.4) is 0 Å². The lowest BCUT2D eigenvalue weighted by molar-refractivity contribution is -0.122. The fraction of sp³-hybridized carbons (Fsp3) is 0.222. The van der Waals surface area contributed by atoms with Gasteiger partial charge >= 0.3 is 0 Å². The van der Waals surface area contributed by atoms with Crippen LogP contribution in [0, 0.1) is 0 Å². The van der Waals surface area contributed by atoms with Crippen LogP contribution in [0.1, 0.15) is 17.3 Å². The molecule has 2 amide bonds. The van der Waals surface area contributed by atoms with Crippen molar-refractivity contribution in [1.29, 1.82) is 0 Å². The van der Waals surface area contributed by atoms with Gasteiger partial charge in [0.1, 0.15) is 5.75 Å². The van der Waals surface area contributed by atoms with Gasteiger partial charge in [0.05, 0.1) is 5.02 Å². The number of nitrogens with one attached hydrogen (secondary N) is 1. The summed E-state index contributed by atoms with van der Waals surface area (Å²) in [5.74, 6) is -0.0645. The molecular weight excluding hydrogens is 363 g/mol. The van der Waals surface area contributed by atoms with Gasteiger partial charge in [0.15, 0.2) is 6.10 Å². The van der Waals surface area contributed by atoms with E-state index >= 15 is 0 Å². The Morgan fingerprint density at radius 2 is 1.72 bits per heavy atom. The van der Waals surface area contributed by atoms with Gasteiger partial charge in [0.25, 0.3) is 11.8 Å². The van der Waals surface area contributed by atoms with Gasteiger partial charge < -0.3 is 15.0 Å². The van der Waals surface area contributed by atoms with Crippen molar-refractivity contribution in [2.75, 3.05) is 19.4 Å². The van der Waals surface area contributed by atoms with Gasteiger partial charge in [-0.15, -0.1) is 0 Å². The van der Waals surface area contributed by atoms with E-state index in [-0.39, 0.29) is 11.8 Å². The average Bonchev–Trinajstić information content (AvgIpc) is 2.57. The fourth-order valence-corrected chi connectivity index (χ4v) is 2.47. The van der Waals surface area contributed by atoms with Gasteiger partial charge in [-0.1, -0.05) is 23.2 Å². The van der Waals surface area contributed by atoms with Gasteiger partial charge in [-0.05, 0) is 49.4 Å². The number of hydrogen-bond acceptors (Lipinski definition) is 3. The monoisotopic (exact) mass is 380 g/mol. The molecule has 25 heavy (non-hydrogen) atoms. The number of benzene rings is 2. The number of anilines is 1. The molecule has 0 unspecified atom stereocenters. The molecule has 0 aromatic heterocycles. The minimum Gasteiger partial charge on any atom is -0.479 e. The molecular formula is C18H18Cl2N2O3. The summed E-state index contributed by atoms with van der Waals surface area (Å²) in [5.41, 5.74) is 1.11. The second-order valence-corrected chi connectivity index (χ2v) is 6.44. The van der Waals surface area contributed by atoms with Crippen LogP contribution in [0.5, 0.6) is 5.75 Å². The summed E-state index contributed by atoms with van der Waals surface area (Å²) in [4.78, 5) is 25.6. The Labute approximate surface area is 156 Å². The Balaban J connectivity index is 2.00. The van der Waals surface area contributed by atoms with Gasteiger partial charge in [-0.25, -0.2) is 0 Å². The quantitative estimate of drug-likeness (QED) is 0.849. The minimum absolute atomic E-state index is 0.105. The maximum absolute atomic E-state index is 12.2. The van der Waals surface area contributed by atoms with Gasteiger partial charge in [-0.2, -0.15) is 0 Å². The zero-order chi connectivity index (χ0) is 18.6.